The molecule has 5 rings (SSSR count). The van der Waals surface area contributed by atoms with Gasteiger partial charge in [0.25, 0.3) is 5.91 Å². The van der Waals surface area contributed by atoms with Crippen LogP contribution in [0.4, 0.5) is 5.69 Å². The largest absolute Gasteiger partial charge is 0.497 e. The lowest BCUT2D eigenvalue weighted by atomic mass is 10.1. The molecule has 3 aromatic carbocycles. The number of rotatable bonds is 7. The van der Waals surface area contributed by atoms with Crippen molar-refractivity contribution >= 4 is 29.1 Å². The summed E-state index contributed by atoms with van der Waals surface area (Å²) in [4.78, 5) is 33.7. The Balaban J connectivity index is 1.49. The van der Waals surface area contributed by atoms with E-state index in [1.165, 1.54) is 5.56 Å². The highest BCUT2D eigenvalue weighted by molar-refractivity contribution is 6.31. The summed E-state index contributed by atoms with van der Waals surface area (Å²) in [5, 5.41) is 5.20. The molecule has 0 radical (unpaired) electrons. The first-order chi connectivity index (χ1) is 21.4. The van der Waals surface area contributed by atoms with E-state index >= 15 is 0 Å². The third-order valence-corrected chi connectivity index (χ3v) is 8.26. The van der Waals surface area contributed by atoms with E-state index in [1.54, 1.807) is 11.8 Å². The second kappa shape index (κ2) is 14.6. The fourth-order valence-corrected chi connectivity index (χ4v) is 5.87. The molecule has 0 fully saturated rings. The van der Waals surface area contributed by atoms with Crippen LogP contribution in [0.15, 0.2) is 78.9 Å². The van der Waals surface area contributed by atoms with Crippen LogP contribution < -0.4 is 9.64 Å². The van der Waals surface area contributed by atoms with Crippen molar-refractivity contribution in [2.45, 2.75) is 39.3 Å². The Labute approximate surface area is 264 Å². The Hall–Kier alpha value is -4.14. The molecule has 230 valence electrons. The monoisotopic (exact) mass is 613 g/mol. The SMILES string of the molecule is CCCC(=O)N1CCCN(Cc2ccccc2)CCN(C(=O)c2cc(-c3ccc(OC)cc3)n(C)n2)Cc2ccc(Cl)cc21. The first-order valence-electron chi connectivity index (χ1n) is 15.2. The summed E-state index contributed by atoms with van der Waals surface area (Å²) < 4.78 is 7.04. The van der Waals surface area contributed by atoms with Crippen LogP contribution in [0.3, 0.4) is 0 Å². The lowest BCUT2D eigenvalue weighted by Gasteiger charge is -2.28. The predicted molar refractivity (Wildman–Crippen MR) is 175 cm³/mol. The van der Waals surface area contributed by atoms with E-state index in [9.17, 15) is 9.59 Å². The number of carbonyl (C=O) groups is 2. The summed E-state index contributed by atoms with van der Waals surface area (Å²) >= 11 is 6.48. The predicted octanol–water partition coefficient (Wildman–Crippen LogP) is 6.43. The summed E-state index contributed by atoms with van der Waals surface area (Å²) in [6, 6.07) is 25.5. The Morgan fingerprint density at radius 2 is 1.70 bits per heavy atom. The number of hydrogen-bond donors (Lipinski definition) is 0. The van der Waals surface area contributed by atoms with Crippen LogP contribution in [0.25, 0.3) is 11.3 Å². The van der Waals surface area contributed by atoms with E-state index < -0.39 is 0 Å². The second-order valence-corrected chi connectivity index (χ2v) is 11.6. The van der Waals surface area contributed by atoms with Gasteiger partial charge in [-0.3, -0.25) is 19.2 Å². The maximum Gasteiger partial charge on any atom is 0.274 e. The average molecular weight is 614 g/mol. The lowest BCUT2D eigenvalue weighted by Crippen LogP contribution is -2.38. The number of amides is 2. The van der Waals surface area contributed by atoms with Crippen molar-refractivity contribution in [1.82, 2.24) is 19.6 Å². The van der Waals surface area contributed by atoms with Gasteiger partial charge in [0.1, 0.15) is 5.75 Å². The van der Waals surface area contributed by atoms with Gasteiger partial charge < -0.3 is 14.5 Å². The van der Waals surface area contributed by atoms with Crippen LogP contribution in [-0.2, 0) is 24.9 Å². The Morgan fingerprint density at radius 3 is 2.43 bits per heavy atom. The van der Waals surface area contributed by atoms with E-state index in [1.807, 2.05) is 90.5 Å². The molecule has 0 spiro atoms. The number of ether oxygens (including phenoxy) is 1. The van der Waals surface area contributed by atoms with Crippen molar-refractivity contribution in [3.8, 4) is 17.0 Å². The van der Waals surface area contributed by atoms with Crippen molar-refractivity contribution in [3.63, 3.8) is 0 Å². The van der Waals surface area contributed by atoms with Crippen molar-refractivity contribution in [2.75, 3.05) is 38.2 Å². The molecule has 2 amide bonds. The van der Waals surface area contributed by atoms with Crippen LogP contribution in [0.2, 0.25) is 5.02 Å². The standard InChI is InChI=1S/C35H40ClN5O3/c1-4-9-34(42)41-19-8-18-39(24-26-10-6-5-7-11-26)20-21-40(25-28-12-15-29(36)22-33(28)41)35(43)31-23-32(38(2)37-31)27-13-16-30(44-3)17-14-27/h5-7,10-17,22-23H,4,8-9,18-21,24-25H2,1-3H3. The number of halogens is 1. The number of benzene rings is 3. The Morgan fingerprint density at radius 1 is 0.932 bits per heavy atom. The van der Waals surface area contributed by atoms with Crippen molar-refractivity contribution in [1.29, 1.82) is 0 Å². The van der Waals surface area contributed by atoms with E-state index in [0.717, 1.165) is 54.2 Å². The van der Waals surface area contributed by atoms with Gasteiger partial charge in [-0.1, -0.05) is 54.9 Å². The number of methoxy groups -OCH3 is 1. The molecular weight excluding hydrogens is 574 g/mol. The molecule has 2 heterocycles. The molecule has 0 aliphatic carbocycles. The van der Waals surface area contributed by atoms with E-state index in [4.69, 9.17) is 16.3 Å². The first kappa shape index (κ1) is 31.3. The van der Waals surface area contributed by atoms with Gasteiger partial charge in [-0.15, -0.1) is 0 Å². The van der Waals surface area contributed by atoms with E-state index in [2.05, 4.69) is 22.1 Å². The fourth-order valence-electron chi connectivity index (χ4n) is 5.70. The van der Waals surface area contributed by atoms with Gasteiger partial charge in [-0.05, 0) is 66.4 Å². The quantitative estimate of drug-likeness (QED) is 0.240. The van der Waals surface area contributed by atoms with Crippen LogP contribution >= 0.6 is 11.6 Å². The highest BCUT2D eigenvalue weighted by Gasteiger charge is 2.26. The third-order valence-electron chi connectivity index (χ3n) is 8.03. The average Bonchev–Trinajstić information content (AvgIpc) is 3.41. The number of aryl methyl sites for hydroxylation is 1. The van der Waals surface area contributed by atoms with Gasteiger partial charge in [-0.25, -0.2) is 0 Å². The minimum absolute atomic E-state index is 0.0663. The number of nitrogens with zero attached hydrogens (tertiary/aromatic N) is 5. The Bertz CT molecular complexity index is 1570. The smallest absolute Gasteiger partial charge is 0.274 e. The van der Waals surface area contributed by atoms with Crippen molar-refractivity contribution in [3.05, 3.63) is 101 Å². The highest BCUT2D eigenvalue weighted by Crippen LogP contribution is 2.29. The van der Waals surface area contributed by atoms with Crippen LogP contribution in [0.5, 0.6) is 5.75 Å². The summed E-state index contributed by atoms with van der Waals surface area (Å²) in [6.07, 6.45) is 2.00. The molecule has 8 nitrogen and oxygen atoms in total. The van der Waals surface area contributed by atoms with E-state index in [-0.39, 0.29) is 11.8 Å². The van der Waals surface area contributed by atoms with Gasteiger partial charge in [0.15, 0.2) is 5.69 Å². The number of hydrogen-bond acceptors (Lipinski definition) is 5. The van der Waals surface area contributed by atoms with Crippen LogP contribution in [-0.4, -0.2) is 64.7 Å². The molecule has 0 unspecified atom stereocenters. The summed E-state index contributed by atoms with van der Waals surface area (Å²) in [5.41, 5.74) is 5.01. The topological polar surface area (TPSA) is 70.9 Å². The zero-order valence-electron chi connectivity index (χ0n) is 25.7. The summed E-state index contributed by atoms with van der Waals surface area (Å²) in [6.45, 7) is 5.66. The molecule has 0 saturated carbocycles. The van der Waals surface area contributed by atoms with Gasteiger partial charge in [0.05, 0.1) is 18.5 Å². The summed E-state index contributed by atoms with van der Waals surface area (Å²) in [7, 11) is 3.48. The first-order valence-corrected chi connectivity index (χ1v) is 15.6. The molecule has 0 saturated heterocycles. The molecule has 44 heavy (non-hydrogen) atoms. The molecule has 0 bridgehead atoms. The van der Waals surface area contributed by atoms with Crippen LogP contribution in [0.1, 0.15) is 47.8 Å². The maximum absolute atomic E-state index is 14.2. The second-order valence-electron chi connectivity index (χ2n) is 11.2. The minimum Gasteiger partial charge on any atom is -0.497 e. The molecule has 1 aliphatic heterocycles. The van der Waals surface area contributed by atoms with Gasteiger partial charge in [0.2, 0.25) is 5.91 Å². The van der Waals surface area contributed by atoms with Gasteiger partial charge >= 0.3 is 0 Å². The number of carbonyl (C=O) groups excluding carboxylic acids is 2. The summed E-state index contributed by atoms with van der Waals surface area (Å²) in [5.74, 6) is 0.671. The molecule has 0 N–H and O–H groups in total. The van der Waals surface area contributed by atoms with Crippen molar-refractivity contribution < 1.29 is 14.3 Å². The fraction of sp³-hybridized carbons (Fsp3) is 0.343. The molecular formula is C35H40ClN5O3. The van der Waals surface area contributed by atoms with Gasteiger partial charge in [-0.2, -0.15) is 5.10 Å². The maximum atomic E-state index is 14.2. The van der Waals surface area contributed by atoms with Gasteiger partial charge in [0, 0.05) is 63.3 Å². The third kappa shape index (κ3) is 7.49. The lowest BCUT2D eigenvalue weighted by molar-refractivity contribution is -0.118. The number of aromatic nitrogens is 2. The highest BCUT2D eigenvalue weighted by atomic mass is 35.5. The van der Waals surface area contributed by atoms with Crippen molar-refractivity contribution in [2.24, 2.45) is 7.05 Å². The normalized spacial score (nSPS) is 14.5. The number of fused-ring (bicyclic) bond motifs is 1. The molecule has 0 atom stereocenters. The zero-order valence-corrected chi connectivity index (χ0v) is 26.5. The minimum atomic E-state index is -0.161. The molecule has 1 aromatic heterocycles. The van der Waals surface area contributed by atoms with E-state index in [0.29, 0.717) is 43.3 Å². The molecule has 1 aliphatic rings. The van der Waals surface area contributed by atoms with Crippen LogP contribution in [0, 0.1) is 0 Å². The Kier molecular flexibility index (Phi) is 10.4. The zero-order chi connectivity index (χ0) is 31.1. The molecule has 9 heteroatoms. The number of anilines is 1. The molecule has 4 aromatic rings.